The molecule has 0 fully saturated rings. The number of rotatable bonds is 3. The Hall–Kier alpha value is -3.11. The second-order valence-corrected chi connectivity index (χ2v) is 10.1. The lowest BCUT2D eigenvalue weighted by Gasteiger charge is -2.19. The van der Waals surface area contributed by atoms with Gasteiger partial charge in [0.25, 0.3) is 0 Å². The molecule has 1 aliphatic heterocycles. The number of carbonyl (C=O) groups excluding carboxylic acids is 1. The van der Waals surface area contributed by atoms with Crippen LogP contribution in [0.3, 0.4) is 0 Å². The Morgan fingerprint density at radius 1 is 1.16 bits per heavy atom. The van der Waals surface area contributed by atoms with Crippen LogP contribution in [0.1, 0.15) is 66.5 Å². The van der Waals surface area contributed by atoms with Crippen LogP contribution < -0.4 is 0 Å². The molecule has 0 saturated heterocycles. The molecule has 31 heavy (non-hydrogen) atoms. The standard InChI is InChI=1S/C24H25N5OS/c1-13-14(2)31-23-20(13)21(16-8-10-17(25-7)11-9-16)26-18(12-19(30)24(4,5)6)22-28-27-15(3)29(22)23/h8-11,18H,12H2,1-6H3/t18-/m0/s1. The first kappa shape index (κ1) is 21.1. The number of benzene rings is 1. The van der Waals surface area contributed by atoms with Crippen LogP contribution in [0.4, 0.5) is 5.69 Å². The molecule has 1 aliphatic rings. The second kappa shape index (κ2) is 7.54. The quantitative estimate of drug-likeness (QED) is 0.500. The highest BCUT2D eigenvalue weighted by molar-refractivity contribution is 7.15. The van der Waals surface area contributed by atoms with Crippen molar-refractivity contribution in [2.24, 2.45) is 10.4 Å². The number of hydrogen-bond donors (Lipinski definition) is 0. The van der Waals surface area contributed by atoms with Crippen LogP contribution in [0.25, 0.3) is 9.85 Å². The average molecular weight is 432 g/mol. The Bertz CT molecular complexity index is 1250. The zero-order valence-electron chi connectivity index (χ0n) is 18.6. The fourth-order valence-corrected chi connectivity index (χ4v) is 4.91. The number of aliphatic imine (C=N–C) groups is 1. The van der Waals surface area contributed by atoms with E-state index in [0.717, 1.165) is 33.2 Å². The lowest BCUT2D eigenvalue weighted by Crippen LogP contribution is -2.23. The number of fused-ring (bicyclic) bond motifs is 3. The van der Waals surface area contributed by atoms with Crippen molar-refractivity contribution >= 4 is 28.5 Å². The summed E-state index contributed by atoms with van der Waals surface area (Å²) in [5.74, 6) is 1.62. The zero-order chi connectivity index (χ0) is 22.5. The van der Waals surface area contributed by atoms with Gasteiger partial charge in [0.15, 0.2) is 11.5 Å². The van der Waals surface area contributed by atoms with Crippen molar-refractivity contribution in [2.45, 2.75) is 54.0 Å². The third kappa shape index (κ3) is 3.61. The van der Waals surface area contributed by atoms with E-state index in [1.165, 1.54) is 4.88 Å². The van der Waals surface area contributed by atoms with Crippen molar-refractivity contribution in [3.8, 4) is 5.00 Å². The molecule has 0 aliphatic carbocycles. The SMILES string of the molecule is [C-]#[N+]c1ccc(C2=N[C@@H](CC(=O)C(C)(C)C)c3nnc(C)n3-c3sc(C)c(C)c32)cc1. The minimum Gasteiger partial charge on any atom is -0.299 e. The number of carbonyl (C=O) groups is 1. The Kier molecular flexibility index (Phi) is 5.14. The number of nitrogens with zero attached hydrogens (tertiary/aromatic N) is 5. The fraction of sp³-hybridized carbons (Fsp3) is 0.375. The minimum atomic E-state index is -0.462. The highest BCUT2D eigenvalue weighted by atomic mass is 32.1. The average Bonchev–Trinajstić information content (AvgIpc) is 3.19. The lowest BCUT2D eigenvalue weighted by molar-refractivity contribution is -0.126. The second-order valence-electron chi connectivity index (χ2n) is 8.93. The molecule has 0 N–H and O–H groups in total. The smallest absolute Gasteiger partial charge is 0.187 e. The van der Waals surface area contributed by atoms with Gasteiger partial charge in [0.05, 0.1) is 12.3 Å². The van der Waals surface area contributed by atoms with E-state index in [9.17, 15) is 4.79 Å². The molecule has 2 aromatic heterocycles. The highest BCUT2D eigenvalue weighted by Gasteiger charge is 2.34. The van der Waals surface area contributed by atoms with E-state index in [2.05, 4.69) is 33.5 Å². The molecule has 0 bridgehead atoms. The predicted molar refractivity (Wildman–Crippen MR) is 124 cm³/mol. The normalized spacial score (nSPS) is 15.5. The highest BCUT2D eigenvalue weighted by Crippen LogP contribution is 2.40. The summed E-state index contributed by atoms with van der Waals surface area (Å²) in [7, 11) is 0. The van der Waals surface area contributed by atoms with Crippen molar-refractivity contribution < 1.29 is 4.79 Å². The number of ketones is 1. The number of thiophene rings is 1. The first-order valence-corrected chi connectivity index (χ1v) is 11.0. The van der Waals surface area contributed by atoms with Gasteiger partial charge in [-0.15, -0.1) is 21.5 Å². The van der Waals surface area contributed by atoms with Crippen LogP contribution in [-0.2, 0) is 4.79 Å². The molecule has 3 heterocycles. The molecule has 1 atom stereocenters. The van der Waals surface area contributed by atoms with E-state index in [4.69, 9.17) is 11.6 Å². The van der Waals surface area contributed by atoms with Crippen LogP contribution >= 0.6 is 11.3 Å². The third-order valence-electron chi connectivity index (χ3n) is 5.72. The Balaban J connectivity index is 1.97. The van der Waals surface area contributed by atoms with Gasteiger partial charge in [0, 0.05) is 22.3 Å². The van der Waals surface area contributed by atoms with Gasteiger partial charge in [0.2, 0.25) is 0 Å². The summed E-state index contributed by atoms with van der Waals surface area (Å²) in [6.07, 6.45) is 0.262. The molecular weight excluding hydrogens is 406 g/mol. The third-order valence-corrected chi connectivity index (χ3v) is 6.92. The van der Waals surface area contributed by atoms with E-state index in [0.29, 0.717) is 11.5 Å². The van der Waals surface area contributed by atoms with Crippen LogP contribution in [-0.4, -0.2) is 26.3 Å². The number of hydrogen-bond acceptors (Lipinski definition) is 5. The molecular formula is C24H25N5OS. The predicted octanol–water partition coefficient (Wildman–Crippen LogP) is 5.70. The van der Waals surface area contributed by atoms with E-state index < -0.39 is 11.5 Å². The van der Waals surface area contributed by atoms with E-state index in [1.54, 1.807) is 11.3 Å². The summed E-state index contributed by atoms with van der Waals surface area (Å²) >= 11 is 1.69. The Morgan fingerprint density at radius 2 is 1.84 bits per heavy atom. The van der Waals surface area contributed by atoms with Gasteiger partial charge in [-0.25, -0.2) is 4.85 Å². The summed E-state index contributed by atoms with van der Waals surface area (Å²) in [4.78, 5) is 22.8. The van der Waals surface area contributed by atoms with Gasteiger partial charge in [-0.1, -0.05) is 45.0 Å². The van der Waals surface area contributed by atoms with Gasteiger partial charge < -0.3 is 0 Å². The summed E-state index contributed by atoms with van der Waals surface area (Å²) < 4.78 is 2.06. The molecule has 0 saturated carbocycles. The molecule has 0 radical (unpaired) electrons. The summed E-state index contributed by atoms with van der Waals surface area (Å²) in [5, 5.41) is 9.80. The van der Waals surface area contributed by atoms with Crippen molar-refractivity contribution in [2.75, 3.05) is 0 Å². The largest absolute Gasteiger partial charge is 0.299 e. The zero-order valence-corrected chi connectivity index (χ0v) is 19.5. The van der Waals surface area contributed by atoms with Crippen molar-refractivity contribution in [3.63, 3.8) is 0 Å². The first-order valence-electron chi connectivity index (χ1n) is 10.2. The van der Waals surface area contributed by atoms with Crippen LogP contribution in [0.15, 0.2) is 29.3 Å². The maximum Gasteiger partial charge on any atom is 0.187 e. The van der Waals surface area contributed by atoms with Gasteiger partial charge in [-0.2, -0.15) is 0 Å². The molecule has 7 heteroatoms. The molecule has 0 unspecified atom stereocenters. The van der Waals surface area contributed by atoms with Crippen molar-refractivity contribution in [1.82, 2.24) is 14.8 Å². The van der Waals surface area contributed by atoms with Gasteiger partial charge in [-0.05, 0) is 31.9 Å². The van der Waals surface area contributed by atoms with Gasteiger partial charge in [0.1, 0.15) is 22.7 Å². The van der Waals surface area contributed by atoms with E-state index in [1.807, 2.05) is 52.0 Å². The van der Waals surface area contributed by atoms with Crippen LogP contribution in [0, 0.1) is 32.8 Å². The van der Waals surface area contributed by atoms with Gasteiger partial charge >= 0.3 is 0 Å². The molecule has 0 spiro atoms. The Morgan fingerprint density at radius 3 is 2.45 bits per heavy atom. The van der Waals surface area contributed by atoms with Gasteiger partial charge in [-0.3, -0.25) is 14.4 Å². The van der Waals surface area contributed by atoms with Crippen LogP contribution in [0.5, 0.6) is 0 Å². The van der Waals surface area contributed by atoms with Crippen molar-refractivity contribution in [3.05, 3.63) is 68.9 Å². The molecule has 1 aromatic carbocycles. The summed E-state index contributed by atoms with van der Waals surface area (Å²) in [5.41, 5.74) is 4.10. The summed E-state index contributed by atoms with van der Waals surface area (Å²) in [6, 6.07) is 7.06. The minimum absolute atomic E-state index is 0.134. The molecule has 4 rings (SSSR count). The molecule has 3 aromatic rings. The molecule has 6 nitrogen and oxygen atoms in total. The fourth-order valence-electron chi connectivity index (χ4n) is 3.70. The monoisotopic (exact) mass is 431 g/mol. The van der Waals surface area contributed by atoms with E-state index in [-0.39, 0.29) is 12.2 Å². The number of Topliss-reactive ketones (excluding diaryl/α,β-unsaturated/α-hetero) is 1. The lowest BCUT2D eigenvalue weighted by atomic mass is 9.87. The topological polar surface area (TPSA) is 64.5 Å². The Labute approximate surface area is 186 Å². The van der Waals surface area contributed by atoms with Crippen molar-refractivity contribution in [1.29, 1.82) is 0 Å². The number of aromatic nitrogens is 3. The maximum absolute atomic E-state index is 13.0. The van der Waals surface area contributed by atoms with Crippen LogP contribution in [0.2, 0.25) is 0 Å². The molecule has 0 amide bonds. The maximum atomic E-state index is 13.0. The first-order chi connectivity index (χ1) is 14.6. The number of aryl methyl sites for hydroxylation is 2. The molecule has 158 valence electrons. The summed E-state index contributed by atoms with van der Waals surface area (Å²) in [6.45, 7) is 19.2. The van der Waals surface area contributed by atoms with E-state index >= 15 is 0 Å².